The van der Waals surface area contributed by atoms with Crippen molar-refractivity contribution in [1.82, 2.24) is 10.2 Å². The smallest absolute Gasteiger partial charge is 0.341 e. The van der Waals surface area contributed by atoms with Crippen molar-refractivity contribution < 1.29 is 31.7 Å². The second kappa shape index (κ2) is 11.4. The molecule has 11 heteroatoms. The summed E-state index contributed by atoms with van der Waals surface area (Å²) in [7, 11) is -2.80. The van der Waals surface area contributed by atoms with Crippen molar-refractivity contribution >= 4 is 27.8 Å². The minimum absolute atomic E-state index is 0.0540. The van der Waals surface area contributed by atoms with Gasteiger partial charge >= 0.3 is 22.1 Å². The number of hydrogen-bond donors (Lipinski definition) is 2. The van der Waals surface area contributed by atoms with Crippen LogP contribution in [0.2, 0.25) is 0 Å². The lowest BCUT2D eigenvalue weighted by molar-refractivity contribution is -0.137. The first-order valence-electron chi connectivity index (χ1n) is 10.4. The van der Waals surface area contributed by atoms with E-state index in [1.165, 1.54) is 29.2 Å². The highest BCUT2D eigenvalue weighted by atomic mass is 32.2. The lowest BCUT2D eigenvalue weighted by Crippen LogP contribution is -2.57. The van der Waals surface area contributed by atoms with Crippen molar-refractivity contribution in [2.75, 3.05) is 38.7 Å². The second-order valence-corrected chi connectivity index (χ2v) is 8.70. The zero-order valence-corrected chi connectivity index (χ0v) is 19.6. The van der Waals surface area contributed by atoms with Crippen LogP contribution in [0.3, 0.4) is 0 Å². The van der Waals surface area contributed by atoms with Crippen LogP contribution >= 0.6 is 0 Å². The van der Waals surface area contributed by atoms with Gasteiger partial charge in [-0.1, -0.05) is 5.92 Å². The van der Waals surface area contributed by atoms with E-state index in [2.05, 4.69) is 22.5 Å². The van der Waals surface area contributed by atoms with Gasteiger partial charge in [-0.05, 0) is 55.5 Å². The topological polar surface area (TPSA) is 123 Å². The maximum atomic E-state index is 12.6. The van der Waals surface area contributed by atoms with Gasteiger partial charge in [0.15, 0.2) is 0 Å². The molecule has 1 heterocycles. The normalized spacial score (nSPS) is 15.5. The molecule has 3 rings (SSSR count). The molecule has 2 aromatic carbocycles. The van der Waals surface area contributed by atoms with Crippen molar-refractivity contribution in [3.05, 3.63) is 48.5 Å². The molecule has 0 spiro atoms. The fraction of sp³-hybridized carbons (Fsp3) is 0.304. The average molecular weight is 488 g/mol. The first-order valence-corrected chi connectivity index (χ1v) is 11.8. The minimum Gasteiger partial charge on any atom is -0.497 e. The van der Waals surface area contributed by atoms with E-state index in [1.54, 1.807) is 38.3 Å². The lowest BCUT2D eigenvalue weighted by atomic mass is 10.2. The summed E-state index contributed by atoms with van der Waals surface area (Å²) in [6.07, 6.45) is 0. The van der Waals surface area contributed by atoms with Crippen LogP contribution in [0.25, 0.3) is 0 Å². The summed E-state index contributed by atoms with van der Waals surface area (Å²) in [4.78, 5) is 26.4. The summed E-state index contributed by atoms with van der Waals surface area (Å²) in [6, 6.07) is 10.8. The van der Waals surface area contributed by atoms with Crippen molar-refractivity contribution in [2.24, 2.45) is 0 Å². The zero-order valence-electron chi connectivity index (χ0n) is 18.7. The molecule has 0 aromatic heterocycles. The molecule has 0 aliphatic carbocycles. The molecule has 0 radical (unpaired) electrons. The molecule has 2 amide bonds. The van der Waals surface area contributed by atoms with Crippen LogP contribution in [0, 0.1) is 11.8 Å². The number of carbonyl (C=O) groups excluding carboxylic acids is 2. The molecule has 180 valence electrons. The third-order valence-corrected chi connectivity index (χ3v) is 6.11. The van der Waals surface area contributed by atoms with Gasteiger partial charge in [-0.25, -0.2) is 9.59 Å². The quantitative estimate of drug-likeness (QED) is 0.448. The van der Waals surface area contributed by atoms with Crippen LogP contribution < -0.4 is 20.1 Å². The Balaban J connectivity index is 1.58. The Labute approximate surface area is 198 Å². The van der Waals surface area contributed by atoms with Crippen molar-refractivity contribution in [3.8, 4) is 23.3 Å². The molecule has 1 atom stereocenters. The maximum Gasteiger partial charge on any atom is 0.341 e. The summed E-state index contributed by atoms with van der Waals surface area (Å²) in [6.45, 7) is 2.43. The van der Waals surface area contributed by atoms with Crippen LogP contribution in [0.15, 0.2) is 53.4 Å². The molecule has 1 saturated heterocycles. The Kier molecular flexibility index (Phi) is 8.34. The Hall–Kier alpha value is -3.75. The van der Waals surface area contributed by atoms with Crippen LogP contribution in [-0.4, -0.2) is 64.7 Å². The van der Waals surface area contributed by atoms with Crippen molar-refractivity contribution in [1.29, 1.82) is 0 Å². The number of amides is 2. The number of hydrogen-bond acceptors (Lipinski definition) is 8. The Morgan fingerprint density at radius 2 is 1.79 bits per heavy atom. The molecule has 1 aliphatic heterocycles. The number of anilines is 1. The van der Waals surface area contributed by atoms with E-state index >= 15 is 0 Å². The van der Waals surface area contributed by atoms with E-state index in [9.17, 15) is 18.0 Å². The fourth-order valence-electron chi connectivity index (χ4n) is 3.08. The van der Waals surface area contributed by atoms with Crippen molar-refractivity contribution in [2.45, 2.75) is 17.9 Å². The molecule has 2 N–H and O–H groups in total. The van der Waals surface area contributed by atoms with E-state index in [1.807, 2.05) is 0 Å². The van der Waals surface area contributed by atoms with Gasteiger partial charge in [0.1, 0.15) is 29.0 Å². The van der Waals surface area contributed by atoms with Gasteiger partial charge in [0.25, 0.3) is 0 Å². The summed E-state index contributed by atoms with van der Waals surface area (Å²) >= 11 is 0. The second-order valence-electron chi connectivity index (χ2n) is 7.15. The Morgan fingerprint density at radius 3 is 2.44 bits per heavy atom. The van der Waals surface area contributed by atoms with Crippen LogP contribution in [0.5, 0.6) is 11.5 Å². The number of nitrogens with one attached hydrogen (secondary N) is 2. The molecular formula is C23H25N3O7S. The number of piperazine rings is 1. The van der Waals surface area contributed by atoms with E-state index in [0.717, 1.165) is 0 Å². The van der Waals surface area contributed by atoms with Gasteiger partial charge in [-0.3, -0.25) is 0 Å². The van der Waals surface area contributed by atoms with Gasteiger partial charge in [-0.15, -0.1) is 5.92 Å². The molecule has 1 fully saturated rings. The molecule has 1 aliphatic rings. The van der Waals surface area contributed by atoms with Gasteiger partial charge in [0, 0.05) is 25.3 Å². The first kappa shape index (κ1) is 24.9. The molecule has 2 aromatic rings. The summed E-state index contributed by atoms with van der Waals surface area (Å²) in [5, 5.41) is 5.62. The highest BCUT2D eigenvalue weighted by Gasteiger charge is 2.32. The van der Waals surface area contributed by atoms with Gasteiger partial charge in [0.2, 0.25) is 0 Å². The third-order valence-electron chi connectivity index (χ3n) is 4.88. The number of carbonyl (C=O) groups is 2. The molecule has 1 unspecified atom stereocenters. The van der Waals surface area contributed by atoms with E-state index in [0.29, 0.717) is 30.3 Å². The SMILES string of the molecule is CC#CCOc1ccc(S(=O)(=O)OC(=O)C2CN(C(=O)Nc3ccc(OC)cc3)CCN2)cc1. The minimum atomic E-state index is -4.35. The third kappa shape index (κ3) is 6.63. The molecular weight excluding hydrogens is 462 g/mol. The predicted molar refractivity (Wildman–Crippen MR) is 124 cm³/mol. The van der Waals surface area contributed by atoms with Gasteiger partial charge in [0.05, 0.1) is 7.11 Å². The highest BCUT2D eigenvalue weighted by molar-refractivity contribution is 7.87. The summed E-state index contributed by atoms with van der Waals surface area (Å²) in [5.41, 5.74) is 0.556. The fourth-order valence-corrected chi connectivity index (χ4v) is 3.98. The molecule has 0 saturated carbocycles. The number of urea groups is 1. The van der Waals surface area contributed by atoms with Crippen LogP contribution in [-0.2, 0) is 19.1 Å². The van der Waals surface area contributed by atoms with Gasteiger partial charge in [-0.2, -0.15) is 8.42 Å². The summed E-state index contributed by atoms with van der Waals surface area (Å²) < 4.78 is 40.3. The number of nitrogens with zero attached hydrogens (tertiary/aromatic N) is 1. The number of methoxy groups -OCH3 is 1. The average Bonchev–Trinajstić information content (AvgIpc) is 2.85. The standard InChI is InChI=1S/C23H25N3O7S/c1-3-4-15-32-19-9-11-20(12-10-19)34(29,30)33-22(27)21-16-26(14-13-24-21)23(28)25-17-5-7-18(31-2)8-6-17/h5-12,21,24H,13-16H2,1-2H3,(H,25,28). The largest absolute Gasteiger partial charge is 0.497 e. The van der Waals surface area contributed by atoms with E-state index in [4.69, 9.17) is 13.7 Å². The monoisotopic (exact) mass is 487 g/mol. The number of ether oxygens (including phenoxy) is 2. The molecule has 0 bridgehead atoms. The van der Waals surface area contributed by atoms with Gasteiger partial charge < -0.3 is 29.2 Å². The predicted octanol–water partition coefficient (Wildman–Crippen LogP) is 1.84. The van der Waals surface area contributed by atoms with Crippen LogP contribution in [0.1, 0.15) is 6.92 Å². The maximum absolute atomic E-state index is 12.6. The highest BCUT2D eigenvalue weighted by Crippen LogP contribution is 2.19. The number of benzene rings is 2. The van der Waals surface area contributed by atoms with Crippen molar-refractivity contribution in [3.63, 3.8) is 0 Å². The Bertz CT molecular complexity index is 1170. The Morgan fingerprint density at radius 1 is 1.12 bits per heavy atom. The van der Waals surface area contributed by atoms with E-state index < -0.39 is 28.2 Å². The summed E-state index contributed by atoms with van der Waals surface area (Å²) in [5.74, 6) is 5.50. The zero-order chi connectivity index (χ0) is 24.6. The lowest BCUT2D eigenvalue weighted by Gasteiger charge is -2.32. The van der Waals surface area contributed by atoms with E-state index in [-0.39, 0.29) is 18.0 Å². The molecule has 10 nitrogen and oxygen atoms in total. The molecule has 34 heavy (non-hydrogen) atoms. The first-order chi connectivity index (χ1) is 16.3. The number of rotatable bonds is 7. The van der Waals surface area contributed by atoms with Crippen LogP contribution in [0.4, 0.5) is 10.5 Å².